The molecule has 162 valence electrons. The predicted octanol–water partition coefficient (Wildman–Crippen LogP) is 3.59. The topological polar surface area (TPSA) is 72.3 Å². The number of hydrogen-bond donors (Lipinski definition) is 1. The Kier molecular flexibility index (Phi) is 6.53. The Bertz CT molecular complexity index is 1060. The zero-order valence-electron chi connectivity index (χ0n) is 17.5. The van der Waals surface area contributed by atoms with Crippen molar-refractivity contribution in [2.24, 2.45) is 0 Å². The molecule has 9 heteroatoms. The summed E-state index contributed by atoms with van der Waals surface area (Å²) in [4.78, 5) is 14.6. The van der Waals surface area contributed by atoms with E-state index in [0.29, 0.717) is 29.6 Å². The van der Waals surface area contributed by atoms with E-state index < -0.39 is 0 Å². The molecule has 31 heavy (non-hydrogen) atoms. The Labute approximate surface area is 184 Å². The van der Waals surface area contributed by atoms with E-state index in [2.05, 4.69) is 20.4 Å². The van der Waals surface area contributed by atoms with Gasteiger partial charge in [-0.15, -0.1) is 10.2 Å². The van der Waals surface area contributed by atoms with Gasteiger partial charge in [-0.25, -0.2) is 4.39 Å². The van der Waals surface area contributed by atoms with Crippen LogP contribution in [0.25, 0.3) is 5.69 Å². The van der Waals surface area contributed by atoms with Gasteiger partial charge in [0.1, 0.15) is 5.82 Å². The summed E-state index contributed by atoms with van der Waals surface area (Å²) in [5.74, 6) is 0.276. The third kappa shape index (κ3) is 5.05. The molecule has 0 unspecified atom stereocenters. The van der Waals surface area contributed by atoms with Crippen molar-refractivity contribution in [3.63, 3.8) is 0 Å². The summed E-state index contributed by atoms with van der Waals surface area (Å²) in [6.07, 6.45) is 0. The number of nitrogens with one attached hydrogen (secondary N) is 1. The maximum absolute atomic E-state index is 13.7. The molecule has 0 bridgehead atoms. The Balaban J connectivity index is 1.53. The molecule has 0 aliphatic carbocycles. The number of thioether (sulfide) groups is 1. The standard InChI is InChI=1S/C22H24FN5O2S/c1-15-3-7-18(8-4-15)28-21(27-9-11-30-12-10-27)25-26-22(28)31-14-20(29)24-17-6-5-16(2)19(23)13-17/h3-8,13H,9-12,14H2,1-2H3,(H,24,29). The summed E-state index contributed by atoms with van der Waals surface area (Å²) in [6, 6.07) is 12.7. The number of anilines is 2. The third-order valence-corrected chi connectivity index (χ3v) is 5.92. The number of halogens is 1. The van der Waals surface area contributed by atoms with E-state index in [-0.39, 0.29) is 17.5 Å². The zero-order chi connectivity index (χ0) is 21.8. The van der Waals surface area contributed by atoms with Crippen molar-refractivity contribution in [3.8, 4) is 5.69 Å². The normalized spacial score (nSPS) is 14.0. The number of carbonyl (C=O) groups is 1. The lowest BCUT2D eigenvalue weighted by atomic mass is 10.2. The molecule has 0 radical (unpaired) electrons. The molecule has 1 saturated heterocycles. The number of carbonyl (C=O) groups excluding carboxylic acids is 1. The van der Waals surface area contributed by atoms with E-state index in [1.54, 1.807) is 19.1 Å². The highest BCUT2D eigenvalue weighted by molar-refractivity contribution is 7.99. The molecule has 2 heterocycles. The van der Waals surface area contributed by atoms with E-state index in [4.69, 9.17) is 4.74 Å². The molecule has 3 aromatic rings. The second kappa shape index (κ2) is 9.49. The van der Waals surface area contributed by atoms with Gasteiger partial charge in [0, 0.05) is 18.8 Å². The monoisotopic (exact) mass is 441 g/mol. The third-order valence-electron chi connectivity index (χ3n) is 4.99. The first-order chi connectivity index (χ1) is 15.0. The fraction of sp³-hybridized carbons (Fsp3) is 0.318. The van der Waals surface area contributed by atoms with Crippen LogP contribution in [0.1, 0.15) is 11.1 Å². The quantitative estimate of drug-likeness (QED) is 0.590. The first-order valence-electron chi connectivity index (χ1n) is 10.1. The highest BCUT2D eigenvalue weighted by atomic mass is 32.2. The van der Waals surface area contributed by atoms with Crippen molar-refractivity contribution in [2.45, 2.75) is 19.0 Å². The van der Waals surface area contributed by atoms with Gasteiger partial charge in [-0.3, -0.25) is 9.36 Å². The fourth-order valence-electron chi connectivity index (χ4n) is 3.24. The molecule has 1 fully saturated rings. The molecule has 1 amide bonds. The van der Waals surface area contributed by atoms with Gasteiger partial charge in [0.15, 0.2) is 5.16 Å². The van der Waals surface area contributed by atoms with Crippen LogP contribution in [0.5, 0.6) is 0 Å². The highest BCUT2D eigenvalue weighted by Gasteiger charge is 2.22. The Morgan fingerprint density at radius 2 is 1.87 bits per heavy atom. The summed E-state index contributed by atoms with van der Waals surface area (Å²) in [5.41, 5.74) is 3.06. The van der Waals surface area contributed by atoms with Gasteiger partial charge in [0.05, 0.1) is 24.7 Å². The second-order valence-corrected chi connectivity index (χ2v) is 8.30. The van der Waals surface area contributed by atoms with Crippen molar-refractivity contribution in [2.75, 3.05) is 42.3 Å². The lowest BCUT2D eigenvalue weighted by molar-refractivity contribution is -0.113. The largest absolute Gasteiger partial charge is 0.378 e. The molecule has 1 aliphatic heterocycles. The fourth-order valence-corrected chi connectivity index (χ4v) is 3.99. The van der Waals surface area contributed by atoms with Crippen molar-refractivity contribution in [1.29, 1.82) is 0 Å². The van der Waals surface area contributed by atoms with E-state index >= 15 is 0 Å². The Morgan fingerprint density at radius 3 is 2.58 bits per heavy atom. The summed E-state index contributed by atoms with van der Waals surface area (Å²) < 4.78 is 21.2. The molecule has 0 saturated carbocycles. The highest BCUT2D eigenvalue weighted by Crippen LogP contribution is 2.27. The molecule has 0 atom stereocenters. The summed E-state index contributed by atoms with van der Waals surface area (Å²) in [7, 11) is 0. The van der Waals surface area contributed by atoms with E-state index in [1.165, 1.54) is 17.8 Å². The molecule has 0 spiro atoms. The Hall–Kier alpha value is -2.91. The molecular weight excluding hydrogens is 417 g/mol. The summed E-state index contributed by atoms with van der Waals surface area (Å²) in [6.45, 7) is 6.45. The number of nitrogens with zero attached hydrogens (tertiary/aromatic N) is 4. The van der Waals surface area contributed by atoms with Gasteiger partial charge in [-0.05, 0) is 43.7 Å². The first-order valence-corrected chi connectivity index (χ1v) is 11.0. The van der Waals surface area contributed by atoms with Gasteiger partial charge in [-0.1, -0.05) is 35.5 Å². The van der Waals surface area contributed by atoms with Crippen LogP contribution in [-0.4, -0.2) is 52.7 Å². The number of aromatic nitrogens is 3. The molecule has 1 N–H and O–H groups in total. The Morgan fingerprint density at radius 1 is 1.13 bits per heavy atom. The lowest BCUT2D eigenvalue weighted by Gasteiger charge is -2.27. The van der Waals surface area contributed by atoms with Crippen LogP contribution < -0.4 is 10.2 Å². The summed E-state index contributed by atoms with van der Waals surface area (Å²) >= 11 is 1.29. The van der Waals surface area contributed by atoms with Gasteiger partial charge in [0.2, 0.25) is 11.9 Å². The molecule has 2 aromatic carbocycles. The van der Waals surface area contributed by atoms with Gasteiger partial charge >= 0.3 is 0 Å². The molecule has 7 nitrogen and oxygen atoms in total. The molecule has 1 aliphatic rings. The zero-order valence-corrected chi connectivity index (χ0v) is 18.3. The van der Waals surface area contributed by atoms with E-state index in [9.17, 15) is 9.18 Å². The minimum Gasteiger partial charge on any atom is -0.378 e. The van der Waals surface area contributed by atoms with Crippen LogP contribution >= 0.6 is 11.8 Å². The minimum absolute atomic E-state index is 0.128. The van der Waals surface area contributed by atoms with Gasteiger partial charge in [0.25, 0.3) is 0 Å². The number of benzene rings is 2. The van der Waals surface area contributed by atoms with Crippen LogP contribution in [0.15, 0.2) is 47.6 Å². The molecular formula is C22H24FN5O2S. The van der Waals surface area contributed by atoms with Crippen molar-refractivity contribution >= 4 is 29.3 Å². The molecule has 4 rings (SSSR count). The van der Waals surface area contributed by atoms with Crippen LogP contribution in [0.2, 0.25) is 0 Å². The van der Waals surface area contributed by atoms with Crippen molar-refractivity contribution < 1.29 is 13.9 Å². The summed E-state index contributed by atoms with van der Waals surface area (Å²) in [5, 5.41) is 12.1. The average molecular weight is 442 g/mol. The van der Waals surface area contributed by atoms with Crippen molar-refractivity contribution in [3.05, 3.63) is 59.4 Å². The SMILES string of the molecule is Cc1ccc(-n2c(SCC(=O)Nc3ccc(C)c(F)c3)nnc2N2CCOCC2)cc1. The lowest BCUT2D eigenvalue weighted by Crippen LogP contribution is -2.37. The van der Waals surface area contributed by atoms with Crippen LogP contribution in [0.4, 0.5) is 16.0 Å². The first kappa shape index (κ1) is 21.3. The minimum atomic E-state index is -0.347. The predicted molar refractivity (Wildman–Crippen MR) is 120 cm³/mol. The second-order valence-electron chi connectivity index (χ2n) is 7.35. The number of rotatable bonds is 6. The van der Waals surface area contributed by atoms with E-state index in [1.807, 2.05) is 35.8 Å². The maximum atomic E-state index is 13.7. The number of amides is 1. The maximum Gasteiger partial charge on any atom is 0.234 e. The molecule has 1 aromatic heterocycles. The van der Waals surface area contributed by atoms with Crippen LogP contribution in [-0.2, 0) is 9.53 Å². The average Bonchev–Trinajstić information content (AvgIpc) is 3.20. The number of morpholine rings is 1. The van der Waals surface area contributed by atoms with Crippen molar-refractivity contribution in [1.82, 2.24) is 14.8 Å². The number of aryl methyl sites for hydroxylation is 2. The van der Waals surface area contributed by atoms with Crippen LogP contribution in [0, 0.1) is 19.7 Å². The number of hydrogen-bond acceptors (Lipinski definition) is 6. The smallest absolute Gasteiger partial charge is 0.234 e. The van der Waals surface area contributed by atoms with Gasteiger partial charge < -0.3 is 15.0 Å². The van der Waals surface area contributed by atoms with E-state index in [0.717, 1.165) is 30.3 Å². The van der Waals surface area contributed by atoms with Gasteiger partial charge in [-0.2, -0.15) is 0 Å². The van der Waals surface area contributed by atoms with Crippen LogP contribution in [0.3, 0.4) is 0 Å². The number of ether oxygens (including phenoxy) is 1.